The van der Waals surface area contributed by atoms with Gasteiger partial charge in [-0.1, -0.05) is 6.07 Å². The van der Waals surface area contributed by atoms with Gasteiger partial charge >= 0.3 is 6.18 Å². The van der Waals surface area contributed by atoms with Crippen molar-refractivity contribution in [3.05, 3.63) is 23.9 Å². The third-order valence-corrected chi connectivity index (χ3v) is 2.40. The molecule has 0 aliphatic heterocycles. The second-order valence-corrected chi connectivity index (χ2v) is 3.77. The summed E-state index contributed by atoms with van der Waals surface area (Å²) < 4.78 is 36.2. The first-order chi connectivity index (χ1) is 7.92. The van der Waals surface area contributed by atoms with Crippen molar-refractivity contribution in [2.75, 3.05) is 5.73 Å². The molecular formula is C10H15F3N4. The number of rotatable bonds is 5. The van der Waals surface area contributed by atoms with Crippen LogP contribution in [0.1, 0.15) is 18.4 Å². The van der Waals surface area contributed by atoms with E-state index in [1.807, 2.05) is 0 Å². The molecule has 96 valence electrons. The number of nitrogens with two attached hydrogens (primary N) is 2. The van der Waals surface area contributed by atoms with Crippen LogP contribution in [0.4, 0.5) is 19.0 Å². The van der Waals surface area contributed by atoms with Gasteiger partial charge in [-0.2, -0.15) is 13.2 Å². The third kappa shape index (κ3) is 5.01. The van der Waals surface area contributed by atoms with Crippen LogP contribution in [0.2, 0.25) is 0 Å². The molecule has 0 bridgehead atoms. The van der Waals surface area contributed by atoms with Crippen LogP contribution in [0.25, 0.3) is 0 Å². The molecule has 1 atom stereocenters. The number of nitrogen functional groups attached to an aromatic ring is 1. The van der Waals surface area contributed by atoms with Crippen molar-refractivity contribution in [1.82, 2.24) is 10.4 Å². The highest BCUT2D eigenvalue weighted by Crippen LogP contribution is 2.23. The van der Waals surface area contributed by atoms with Gasteiger partial charge < -0.3 is 5.73 Å². The quantitative estimate of drug-likeness (QED) is 0.543. The molecule has 17 heavy (non-hydrogen) atoms. The lowest BCUT2D eigenvalue weighted by molar-refractivity contribution is -0.136. The van der Waals surface area contributed by atoms with Gasteiger partial charge in [-0.15, -0.1) is 0 Å². The lowest BCUT2D eigenvalue weighted by Crippen LogP contribution is -2.37. The summed E-state index contributed by atoms with van der Waals surface area (Å²) in [6.07, 6.45) is -3.28. The summed E-state index contributed by atoms with van der Waals surface area (Å²) in [6.45, 7) is 0. The van der Waals surface area contributed by atoms with Crippen molar-refractivity contribution < 1.29 is 13.2 Å². The fraction of sp³-hybridized carbons (Fsp3) is 0.500. The minimum atomic E-state index is -4.17. The zero-order valence-corrected chi connectivity index (χ0v) is 9.17. The first-order valence-corrected chi connectivity index (χ1v) is 5.14. The monoisotopic (exact) mass is 248 g/mol. The van der Waals surface area contributed by atoms with Gasteiger partial charge in [-0.25, -0.2) is 4.98 Å². The van der Waals surface area contributed by atoms with E-state index >= 15 is 0 Å². The van der Waals surface area contributed by atoms with E-state index in [4.69, 9.17) is 11.6 Å². The first kappa shape index (κ1) is 13.7. The van der Waals surface area contributed by atoms with Crippen LogP contribution < -0.4 is 17.0 Å². The maximum Gasteiger partial charge on any atom is 0.389 e. The SMILES string of the molecule is NNC(CCC(F)(F)F)Cc1cccnc1N. The van der Waals surface area contributed by atoms with Gasteiger partial charge in [0, 0.05) is 18.7 Å². The molecule has 0 saturated carbocycles. The summed E-state index contributed by atoms with van der Waals surface area (Å²) in [7, 11) is 0. The van der Waals surface area contributed by atoms with Crippen molar-refractivity contribution in [1.29, 1.82) is 0 Å². The third-order valence-electron chi connectivity index (χ3n) is 2.40. The van der Waals surface area contributed by atoms with E-state index in [-0.39, 0.29) is 6.42 Å². The molecule has 1 aromatic rings. The van der Waals surface area contributed by atoms with Crippen LogP contribution >= 0.6 is 0 Å². The average Bonchev–Trinajstić information content (AvgIpc) is 2.25. The molecule has 0 saturated heterocycles. The van der Waals surface area contributed by atoms with Gasteiger partial charge in [0.1, 0.15) is 5.82 Å². The zero-order chi connectivity index (χ0) is 12.9. The normalized spacial score (nSPS) is 13.6. The summed E-state index contributed by atoms with van der Waals surface area (Å²) in [6, 6.07) is 2.94. The van der Waals surface area contributed by atoms with E-state index < -0.39 is 18.6 Å². The van der Waals surface area contributed by atoms with Crippen molar-refractivity contribution in [3.63, 3.8) is 0 Å². The number of aromatic nitrogens is 1. The van der Waals surface area contributed by atoms with Crippen LogP contribution in [0.5, 0.6) is 0 Å². The van der Waals surface area contributed by atoms with E-state index in [0.29, 0.717) is 17.8 Å². The Morgan fingerprint density at radius 1 is 1.41 bits per heavy atom. The van der Waals surface area contributed by atoms with Crippen molar-refractivity contribution in [2.45, 2.75) is 31.5 Å². The second kappa shape index (κ2) is 5.83. The summed E-state index contributed by atoms with van der Waals surface area (Å²) in [5.41, 5.74) is 8.66. The minimum absolute atomic E-state index is 0.0890. The number of anilines is 1. The smallest absolute Gasteiger partial charge is 0.383 e. The Balaban J connectivity index is 2.56. The van der Waals surface area contributed by atoms with Crippen LogP contribution in [-0.2, 0) is 6.42 Å². The van der Waals surface area contributed by atoms with Crippen molar-refractivity contribution in [2.24, 2.45) is 5.84 Å². The van der Waals surface area contributed by atoms with Crippen LogP contribution in [0.15, 0.2) is 18.3 Å². The molecule has 0 aromatic carbocycles. The Bertz CT molecular complexity index is 354. The van der Waals surface area contributed by atoms with E-state index in [1.54, 1.807) is 12.1 Å². The standard InChI is InChI=1S/C10H15F3N4/c11-10(12,13)4-3-8(17-15)6-7-2-1-5-16-9(7)14/h1-2,5,8,17H,3-4,6,15H2,(H2,14,16). The molecule has 0 aliphatic carbocycles. The molecule has 7 heteroatoms. The molecule has 0 amide bonds. The molecule has 5 N–H and O–H groups in total. The van der Waals surface area contributed by atoms with Gasteiger partial charge in [-0.3, -0.25) is 11.3 Å². The summed E-state index contributed by atoms with van der Waals surface area (Å²) >= 11 is 0. The highest BCUT2D eigenvalue weighted by atomic mass is 19.4. The van der Waals surface area contributed by atoms with Crippen LogP contribution in [0, 0.1) is 0 Å². The van der Waals surface area contributed by atoms with Crippen molar-refractivity contribution in [3.8, 4) is 0 Å². The lowest BCUT2D eigenvalue weighted by Gasteiger charge is -2.17. The molecule has 1 unspecified atom stereocenters. The van der Waals surface area contributed by atoms with Crippen LogP contribution in [0.3, 0.4) is 0 Å². The number of nitrogens with zero attached hydrogens (tertiary/aromatic N) is 1. The van der Waals surface area contributed by atoms with Gasteiger partial charge in [0.15, 0.2) is 0 Å². The highest BCUT2D eigenvalue weighted by molar-refractivity contribution is 5.38. The van der Waals surface area contributed by atoms with Gasteiger partial charge in [0.05, 0.1) is 0 Å². The number of alkyl halides is 3. The number of hydrazine groups is 1. The zero-order valence-electron chi connectivity index (χ0n) is 9.17. The topological polar surface area (TPSA) is 77.0 Å². The minimum Gasteiger partial charge on any atom is -0.383 e. The Morgan fingerprint density at radius 3 is 2.65 bits per heavy atom. The summed E-state index contributed by atoms with van der Waals surface area (Å²) in [5, 5.41) is 0. The molecule has 0 fully saturated rings. The van der Waals surface area contributed by atoms with Gasteiger partial charge in [-0.05, 0) is 24.5 Å². The molecule has 1 rings (SSSR count). The summed E-state index contributed by atoms with van der Waals surface area (Å²) in [4.78, 5) is 3.86. The summed E-state index contributed by atoms with van der Waals surface area (Å²) in [5.74, 6) is 5.54. The number of nitrogens with one attached hydrogen (secondary N) is 1. The number of hydrogen-bond donors (Lipinski definition) is 3. The maximum absolute atomic E-state index is 12.1. The van der Waals surface area contributed by atoms with E-state index in [0.717, 1.165) is 0 Å². The Labute approximate surface area is 97.2 Å². The Morgan fingerprint density at radius 2 is 2.12 bits per heavy atom. The Kier molecular flexibility index (Phi) is 4.71. The van der Waals surface area contributed by atoms with Gasteiger partial charge in [0.2, 0.25) is 0 Å². The lowest BCUT2D eigenvalue weighted by atomic mass is 10.0. The fourth-order valence-corrected chi connectivity index (χ4v) is 1.47. The Hall–Kier alpha value is -1.34. The molecular weight excluding hydrogens is 233 g/mol. The highest BCUT2D eigenvalue weighted by Gasteiger charge is 2.28. The first-order valence-electron chi connectivity index (χ1n) is 5.14. The number of hydrogen-bond acceptors (Lipinski definition) is 4. The molecule has 1 heterocycles. The molecule has 0 radical (unpaired) electrons. The van der Waals surface area contributed by atoms with E-state index in [1.165, 1.54) is 6.20 Å². The largest absolute Gasteiger partial charge is 0.389 e. The molecule has 4 nitrogen and oxygen atoms in total. The van der Waals surface area contributed by atoms with Gasteiger partial charge in [0.25, 0.3) is 0 Å². The predicted octanol–water partition coefficient (Wildman–Crippen LogP) is 1.38. The number of pyridine rings is 1. The van der Waals surface area contributed by atoms with Crippen molar-refractivity contribution >= 4 is 5.82 Å². The van der Waals surface area contributed by atoms with E-state index in [2.05, 4.69) is 10.4 Å². The maximum atomic E-state index is 12.1. The average molecular weight is 248 g/mol. The fourth-order valence-electron chi connectivity index (χ4n) is 1.47. The van der Waals surface area contributed by atoms with Crippen LogP contribution in [-0.4, -0.2) is 17.2 Å². The predicted molar refractivity (Wildman–Crippen MR) is 58.8 cm³/mol. The molecule has 1 aromatic heterocycles. The second-order valence-electron chi connectivity index (χ2n) is 3.77. The van der Waals surface area contributed by atoms with E-state index in [9.17, 15) is 13.2 Å². The number of halogens is 3. The molecule has 0 spiro atoms. The molecule has 0 aliphatic rings.